The van der Waals surface area contributed by atoms with Crippen LogP contribution in [0.3, 0.4) is 0 Å². The van der Waals surface area contributed by atoms with Crippen molar-refractivity contribution in [3.05, 3.63) is 71.5 Å². The number of aliphatic imine (C=N–C) groups is 1. The number of ketones is 1. The number of aryl methyl sites for hydroxylation is 1. The Morgan fingerprint density at radius 3 is 2.42 bits per heavy atom. The molecule has 0 heterocycles. The number of nitrogens with zero attached hydrogens (tertiary/aromatic N) is 1. The third-order valence-corrected chi connectivity index (χ3v) is 3.79. The highest BCUT2D eigenvalue weighted by Gasteiger charge is 1.99. The maximum absolute atomic E-state index is 10.9. The van der Waals surface area contributed by atoms with Crippen molar-refractivity contribution >= 4 is 35.7 Å². The average Bonchev–Trinajstić information content (AvgIpc) is 2.67. The first-order valence-electron chi connectivity index (χ1n) is 8.56. The van der Waals surface area contributed by atoms with E-state index in [4.69, 9.17) is 4.74 Å². The monoisotopic (exact) mass is 348 g/mol. The lowest BCUT2D eigenvalue weighted by molar-refractivity contribution is -0.112. The van der Waals surface area contributed by atoms with Gasteiger partial charge in [0.25, 0.3) is 0 Å². The van der Waals surface area contributed by atoms with Gasteiger partial charge in [-0.3, -0.25) is 4.79 Å². The van der Waals surface area contributed by atoms with Gasteiger partial charge in [0.1, 0.15) is 0 Å². The Morgan fingerprint density at radius 2 is 1.81 bits per heavy atom. The zero-order valence-corrected chi connectivity index (χ0v) is 15.4. The fourth-order valence-corrected chi connectivity index (χ4v) is 2.32. The molecular formula is C22H24N2O2. The molecule has 4 nitrogen and oxygen atoms in total. The lowest BCUT2D eigenvalue weighted by Gasteiger charge is -2.06. The Kier molecular flexibility index (Phi) is 7.37. The van der Waals surface area contributed by atoms with E-state index in [1.165, 1.54) is 13.3 Å². The van der Waals surface area contributed by atoms with Crippen LogP contribution in [0.4, 0.5) is 11.4 Å². The molecule has 26 heavy (non-hydrogen) atoms. The molecule has 0 fully saturated rings. The maximum atomic E-state index is 10.9. The fourth-order valence-electron chi connectivity index (χ4n) is 2.32. The molecule has 0 atom stereocenters. The minimum absolute atomic E-state index is 0.0356. The molecule has 4 heteroatoms. The normalized spacial score (nSPS) is 11.5. The maximum Gasteiger partial charge on any atom is 0.180 e. The smallest absolute Gasteiger partial charge is 0.180 e. The fraction of sp³-hybridized carbons (Fsp3) is 0.182. The molecule has 0 unspecified atom stereocenters. The van der Waals surface area contributed by atoms with Crippen LogP contribution in [0.2, 0.25) is 0 Å². The van der Waals surface area contributed by atoms with Gasteiger partial charge in [-0.05, 0) is 60.4 Å². The molecule has 2 rings (SSSR count). The van der Waals surface area contributed by atoms with Crippen LogP contribution in [-0.2, 0) is 16.0 Å². The van der Waals surface area contributed by atoms with E-state index in [9.17, 15) is 4.79 Å². The van der Waals surface area contributed by atoms with Crippen molar-refractivity contribution in [3.8, 4) is 0 Å². The molecule has 134 valence electrons. The second-order valence-corrected chi connectivity index (χ2v) is 5.73. The van der Waals surface area contributed by atoms with Crippen LogP contribution >= 0.6 is 0 Å². The zero-order chi connectivity index (χ0) is 18.8. The Morgan fingerprint density at radius 1 is 1.12 bits per heavy atom. The van der Waals surface area contributed by atoms with Crippen LogP contribution < -0.4 is 5.32 Å². The minimum atomic E-state index is 0.0356. The summed E-state index contributed by atoms with van der Waals surface area (Å²) in [7, 11) is 1.90. The van der Waals surface area contributed by atoms with E-state index in [2.05, 4.69) is 23.3 Å². The van der Waals surface area contributed by atoms with Gasteiger partial charge >= 0.3 is 0 Å². The minimum Gasteiger partial charge on any atom is -0.453 e. The summed E-state index contributed by atoms with van der Waals surface area (Å²) in [5.74, 6) is 0.0356. The van der Waals surface area contributed by atoms with Gasteiger partial charge in [0.15, 0.2) is 12.2 Å². The third kappa shape index (κ3) is 6.06. The molecule has 0 aliphatic rings. The van der Waals surface area contributed by atoms with Crippen LogP contribution in [0.15, 0.2) is 59.8 Å². The van der Waals surface area contributed by atoms with Crippen molar-refractivity contribution in [2.75, 3.05) is 12.4 Å². The van der Waals surface area contributed by atoms with E-state index >= 15 is 0 Å². The summed E-state index contributed by atoms with van der Waals surface area (Å²) in [5.41, 5.74) is 5.13. The number of anilines is 1. The first kappa shape index (κ1) is 19.2. The number of rotatable bonds is 8. The van der Waals surface area contributed by atoms with Gasteiger partial charge < -0.3 is 10.1 Å². The molecule has 0 radical (unpaired) electrons. The summed E-state index contributed by atoms with van der Waals surface area (Å²) in [6, 6.07) is 13.9. The van der Waals surface area contributed by atoms with E-state index in [0.29, 0.717) is 0 Å². The summed E-state index contributed by atoms with van der Waals surface area (Å²) in [6.45, 7) is 3.63. The van der Waals surface area contributed by atoms with Crippen molar-refractivity contribution in [1.29, 1.82) is 0 Å². The number of carbonyl (C=O) groups is 1. The van der Waals surface area contributed by atoms with Crippen LogP contribution in [0.1, 0.15) is 30.5 Å². The predicted molar refractivity (Wildman–Crippen MR) is 110 cm³/mol. The first-order chi connectivity index (χ1) is 12.6. The molecule has 0 bridgehead atoms. The summed E-state index contributed by atoms with van der Waals surface area (Å²) >= 11 is 0. The van der Waals surface area contributed by atoms with Crippen LogP contribution in [0.25, 0.3) is 12.2 Å². The number of hydrogen-bond acceptors (Lipinski definition) is 4. The Bertz CT molecular complexity index is 819. The Hall–Kier alpha value is -3.14. The van der Waals surface area contributed by atoms with E-state index in [1.54, 1.807) is 18.4 Å². The van der Waals surface area contributed by atoms with E-state index in [-0.39, 0.29) is 5.78 Å². The Labute approximate surface area is 154 Å². The summed E-state index contributed by atoms with van der Waals surface area (Å²) in [4.78, 5) is 15.3. The quantitative estimate of drug-likeness (QED) is 0.307. The number of nitrogens with one attached hydrogen (secondary N) is 1. The second kappa shape index (κ2) is 9.99. The summed E-state index contributed by atoms with van der Waals surface area (Å²) in [6.07, 6.45) is 9.14. The van der Waals surface area contributed by atoms with E-state index in [0.717, 1.165) is 34.5 Å². The van der Waals surface area contributed by atoms with Crippen molar-refractivity contribution in [3.63, 3.8) is 0 Å². The molecule has 0 aliphatic carbocycles. The van der Waals surface area contributed by atoms with Gasteiger partial charge in [-0.15, -0.1) is 0 Å². The molecule has 0 spiro atoms. The van der Waals surface area contributed by atoms with Crippen LogP contribution in [-0.4, -0.2) is 19.2 Å². The van der Waals surface area contributed by atoms with Crippen LogP contribution in [0.5, 0.6) is 0 Å². The highest BCUT2D eigenvalue weighted by Crippen LogP contribution is 2.23. The number of allylic oxidation sites excluding steroid dienone is 1. The third-order valence-electron chi connectivity index (χ3n) is 3.79. The van der Waals surface area contributed by atoms with Crippen molar-refractivity contribution in [2.45, 2.75) is 20.3 Å². The number of carbonyl (C=O) groups excluding carboxylic acids is 1. The lowest BCUT2D eigenvalue weighted by Crippen LogP contribution is -1.90. The SMILES string of the molecule is CCc1cc(NC)ccc1N=COC=Cc1ccc(C=CC(C)=O)cc1. The molecule has 2 aromatic rings. The molecule has 1 N–H and O–H groups in total. The molecule has 0 amide bonds. The molecule has 0 saturated carbocycles. The summed E-state index contributed by atoms with van der Waals surface area (Å²) in [5, 5.41) is 3.13. The zero-order valence-electron chi connectivity index (χ0n) is 15.4. The molecular weight excluding hydrogens is 324 g/mol. The number of hydrogen-bond donors (Lipinski definition) is 1. The van der Waals surface area contributed by atoms with E-state index < -0.39 is 0 Å². The van der Waals surface area contributed by atoms with Gasteiger partial charge in [0.2, 0.25) is 0 Å². The predicted octanol–water partition coefficient (Wildman–Crippen LogP) is 5.24. The highest BCUT2D eigenvalue weighted by atomic mass is 16.5. The molecule has 2 aromatic carbocycles. The lowest BCUT2D eigenvalue weighted by atomic mass is 10.1. The molecule has 0 aromatic heterocycles. The van der Waals surface area contributed by atoms with Crippen molar-refractivity contribution < 1.29 is 9.53 Å². The van der Waals surface area contributed by atoms with Crippen molar-refractivity contribution in [1.82, 2.24) is 0 Å². The number of benzene rings is 2. The standard InChI is InChI=1S/C22H24N2O2/c1-4-20-15-21(23-3)11-12-22(20)24-16-26-14-13-19-9-7-18(8-10-19)6-5-17(2)25/h5-16,23H,4H2,1-3H3. The number of ether oxygens (including phenoxy) is 1. The van der Waals surface area contributed by atoms with Gasteiger partial charge in [0, 0.05) is 12.7 Å². The highest BCUT2D eigenvalue weighted by molar-refractivity contribution is 5.91. The van der Waals surface area contributed by atoms with E-state index in [1.807, 2.05) is 49.5 Å². The topological polar surface area (TPSA) is 50.7 Å². The molecule has 0 aliphatic heterocycles. The second-order valence-electron chi connectivity index (χ2n) is 5.73. The van der Waals surface area contributed by atoms with Gasteiger partial charge in [-0.1, -0.05) is 37.3 Å². The van der Waals surface area contributed by atoms with Gasteiger partial charge in [0.05, 0.1) is 11.9 Å². The largest absolute Gasteiger partial charge is 0.453 e. The van der Waals surface area contributed by atoms with Gasteiger partial charge in [-0.2, -0.15) is 0 Å². The van der Waals surface area contributed by atoms with Gasteiger partial charge in [-0.25, -0.2) is 4.99 Å². The van der Waals surface area contributed by atoms with Crippen molar-refractivity contribution in [2.24, 2.45) is 4.99 Å². The van der Waals surface area contributed by atoms with Crippen LogP contribution in [0, 0.1) is 0 Å². The summed E-state index contributed by atoms with van der Waals surface area (Å²) < 4.78 is 5.36. The molecule has 0 saturated heterocycles. The first-order valence-corrected chi connectivity index (χ1v) is 8.56. The Balaban J connectivity index is 1.92. The average molecular weight is 348 g/mol.